The van der Waals surface area contributed by atoms with E-state index in [0.29, 0.717) is 5.84 Å². The maximum atomic E-state index is 5.51. The van der Waals surface area contributed by atoms with Crippen LogP contribution in [0.25, 0.3) is 0 Å². The number of nitrogens with zero attached hydrogens (tertiary/aromatic N) is 3. The smallest absolute Gasteiger partial charge is 0.122 e. The molecule has 2 heterocycles. The van der Waals surface area contributed by atoms with Gasteiger partial charge in [-0.3, -0.25) is 4.98 Å². The zero-order valence-corrected chi connectivity index (χ0v) is 7.14. The molecule has 1 aliphatic heterocycles. The quantitative estimate of drug-likeness (QED) is 0.688. The lowest BCUT2D eigenvalue weighted by Gasteiger charge is -2.08. The summed E-state index contributed by atoms with van der Waals surface area (Å²) in [5.74, 6) is 0.609. The van der Waals surface area contributed by atoms with Crippen LogP contribution in [0.5, 0.6) is 0 Å². The summed E-state index contributed by atoms with van der Waals surface area (Å²) in [6.45, 7) is 0. The van der Waals surface area contributed by atoms with E-state index in [-0.39, 0.29) is 0 Å². The molecule has 0 unspecified atom stereocenters. The zero-order valence-electron chi connectivity index (χ0n) is 7.14. The van der Waals surface area contributed by atoms with Crippen LogP contribution in [-0.2, 0) is 0 Å². The van der Waals surface area contributed by atoms with E-state index in [1.165, 1.54) is 0 Å². The first kappa shape index (κ1) is 7.91. The molecule has 0 bridgehead atoms. The molecule has 4 nitrogen and oxygen atoms in total. The van der Waals surface area contributed by atoms with Crippen molar-refractivity contribution in [3.05, 3.63) is 30.1 Å². The van der Waals surface area contributed by atoms with Gasteiger partial charge >= 0.3 is 0 Å². The van der Waals surface area contributed by atoms with Gasteiger partial charge in [0.2, 0.25) is 0 Å². The van der Waals surface area contributed by atoms with Gasteiger partial charge in [-0.25, -0.2) is 0 Å². The molecule has 2 N–H and O–H groups in total. The Morgan fingerprint density at radius 2 is 1.85 bits per heavy atom. The SMILES string of the molecule is NC1=NN=C(c2ccncc2)CC1. The minimum absolute atomic E-state index is 0.609. The van der Waals surface area contributed by atoms with Crippen LogP contribution < -0.4 is 5.73 Å². The lowest BCUT2D eigenvalue weighted by atomic mass is 10.1. The Bertz CT molecular complexity index is 353. The summed E-state index contributed by atoms with van der Waals surface area (Å²) in [5, 5.41) is 7.88. The van der Waals surface area contributed by atoms with Crippen molar-refractivity contribution in [1.82, 2.24) is 4.98 Å². The molecule has 1 aliphatic rings. The largest absolute Gasteiger partial charge is 0.386 e. The average Bonchev–Trinajstić information content (AvgIpc) is 2.20. The molecule has 13 heavy (non-hydrogen) atoms. The van der Waals surface area contributed by atoms with E-state index in [0.717, 1.165) is 24.1 Å². The molecule has 1 aromatic heterocycles. The Labute approximate surface area is 76.2 Å². The van der Waals surface area contributed by atoms with E-state index < -0.39 is 0 Å². The maximum Gasteiger partial charge on any atom is 0.122 e. The minimum Gasteiger partial charge on any atom is -0.386 e. The number of rotatable bonds is 1. The van der Waals surface area contributed by atoms with Crippen LogP contribution >= 0.6 is 0 Å². The normalized spacial score (nSPS) is 16.3. The number of hydrogen-bond donors (Lipinski definition) is 1. The molecule has 0 aliphatic carbocycles. The van der Waals surface area contributed by atoms with Gasteiger partial charge in [0.05, 0.1) is 5.71 Å². The van der Waals surface area contributed by atoms with Gasteiger partial charge in [-0.1, -0.05) is 0 Å². The van der Waals surface area contributed by atoms with E-state index in [4.69, 9.17) is 5.73 Å². The number of hydrogen-bond acceptors (Lipinski definition) is 4. The Morgan fingerprint density at radius 3 is 2.46 bits per heavy atom. The molecule has 0 spiro atoms. The monoisotopic (exact) mass is 174 g/mol. The van der Waals surface area contributed by atoms with Crippen molar-refractivity contribution in [3.8, 4) is 0 Å². The Morgan fingerprint density at radius 1 is 1.08 bits per heavy atom. The van der Waals surface area contributed by atoms with Crippen LogP contribution in [0.2, 0.25) is 0 Å². The third kappa shape index (κ3) is 1.72. The molecule has 0 amide bonds. The summed E-state index contributed by atoms with van der Waals surface area (Å²) >= 11 is 0. The van der Waals surface area contributed by atoms with E-state index in [1.54, 1.807) is 12.4 Å². The van der Waals surface area contributed by atoms with Crippen molar-refractivity contribution >= 4 is 11.5 Å². The topological polar surface area (TPSA) is 63.6 Å². The number of pyridine rings is 1. The van der Waals surface area contributed by atoms with E-state index in [9.17, 15) is 0 Å². The van der Waals surface area contributed by atoms with Gasteiger partial charge in [0.1, 0.15) is 5.84 Å². The van der Waals surface area contributed by atoms with Crippen molar-refractivity contribution in [3.63, 3.8) is 0 Å². The highest BCUT2D eigenvalue weighted by molar-refractivity contribution is 6.03. The molecule has 0 fully saturated rings. The summed E-state index contributed by atoms with van der Waals surface area (Å²) in [6.07, 6.45) is 5.15. The van der Waals surface area contributed by atoms with Crippen LogP contribution in [0.1, 0.15) is 18.4 Å². The summed E-state index contributed by atoms with van der Waals surface area (Å²) in [5.41, 5.74) is 7.56. The average molecular weight is 174 g/mol. The fraction of sp³-hybridized carbons (Fsp3) is 0.222. The van der Waals surface area contributed by atoms with Crippen molar-refractivity contribution in [2.45, 2.75) is 12.8 Å². The molecular weight excluding hydrogens is 164 g/mol. The number of aromatic nitrogens is 1. The van der Waals surface area contributed by atoms with Gasteiger partial charge in [-0.15, -0.1) is 5.10 Å². The van der Waals surface area contributed by atoms with Crippen molar-refractivity contribution in [2.24, 2.45) is 15.9 Å². The van der Waals surface area contributed by atoms with Crippen LogP contribution in [0.15, 0.2) is 34.7 Å². The minimum atomic E-state index is 0.609. The molecule has 4 heteroatoms. The van der Waals surface area contributed by atoms with Gasteiger partial charge in [0, 0.05) is 24.4 Å². The maximum absolute atomic E-state index is 5.51. The van der Waals surface area contributed by atoms with E-state index in [2.05, 4.69) is 15.2 Å². The molecule has 0 atom stereocenters. The first-order chi connectivity index (χ1) is 6.36. The third-order valence-electron chi connectivity index (χ3n) is 1.93. The third-order valence-corrected chi connectivity index (χ3v) is 1.93. The first-order valence-electron chi connectivity index (χ1n) is 4.15. The highest BCUT2D eigenvalue weighted by atomic mass is 15.2. The number of nitrogens with two attached hydrogens (primary N) is 1. The lowest BCUT2D eigenvalue weighted by molar-refractivity contribution is 1.02. The van der Waals surface area contributed by atoms with E-state index in [1.807, 2.05) is 12.1 Å². The van der Waals surface area contributed by atoms with Gasteiger partial charge in [-0.05, 0) is 18.6 Å². The standard InChI is InChI=1S/C9H10N4/c10-9-2-1-8(12-13-9)7-3-5-11-6-4-7/h3-6H,1-2H2,(H2,10,13). The Balaban J connectivity index is 2.29. The molecular formula is C9H10N4. The molecule has 0 radical (unpaired) electrons. The van der Waals surface area contributed by atoms with Gasteiger partial charge < -0.3 is 5.73 Å². The van der Waals surface area contributed by atoms with Crippen LogP contribution in [-0.4, -0.2) is 16.5 Å². The van der Waals surface area contributed by atoms with Crippen molar-refractivity contribution < 1.29 is 0 Å². The predicted molar refractivity (Wildman–Crippen MR) is 51.6 cm³/mol. The van der Waals surface area contributed by atoms with Crippen LogP contribution in [0, 0.1) is 0 Å². The molecule has 1 aromatic rings. The van der Waals surface area contributed by atoms with Gasteiger partial charge in [0.15, 0.2) is 0 Å². The molecule has 0 saturated heterocycles. The summed E-state index contributed by atoms with van der Waals surface area (Å²) < 4.78 is 0. The molecule has 66 valence electrons. The summed E-state index contributed by atoms with van der Waals surface area (Å²) in [7, 11) is 0. The fourth-order valence-corrected chi connectivity index (χ4v) is 1.22. The zero-order chi connectivity index (χ0) is 9.10. The van der Waals surface area contributed by atoms with E-state index >= 15 is 0 Å². The van der Waals surface area contributed by atoms with Crippen molar-refractivity contribution in [1.29, 1.82) is 0 Å². The van der Waals surface area contributed by atoms with Crippen molar-refractivity contribution in [2.75, 3.05) is 0 Å². The Kier molecular flexibility index (Phi) is 2.04. The highest BCUT2D eigenvalue weighted by Crippen LogP contribution is 2.09. The number of amidine groups is 1. The first-order valence-corrected chi connectivity index (χ1v) is 4.15. The predicted octanol–water partition coefficient (Wildman–Crippen LogP) is 0.937. The molecule has 0 aromatic carbocycles. The van der Waals surface area contributed by atoms with Crippen LogP contribution in [0.4, 0.5) is 0 Å². The molecule has 2 rings (SSSR count). The second-order valence-corrected chi connectivity index (χ2v) is 2.87. The van der Waals surface area contributed by atoms with Crippen LogP contribution in [0.3, 0.4) is 0 Å². The lowest BCUT2D eigenvalue weighted by Crippen LogP contribution is -2.17. The molecule has 0 saturated carbocycles. The second-order valence-electron chi connectivity index (χ2n) is 2.87. The second kappa shape index (κ2) is 3.35. The fourth-order valence-electron chi connectivity index (χ4n) is 1.22. The highest BCUT2D eigenvalue weighted by Gasteiger charge is 2.08. The summed E-state index contributed by atoms with van der Waals surface area (Å²) in [4.78, 5) is 3.94. The van der Waals surface area contributed by atoms with Gasteiger partial charge in [-0.2, -0.15) is 5.10 Å². The summed E-state index contributed by atoms with van der Waals surface area (Å²) in [6, 6.07) is 3.85. The van der Waals surface area contributed by atoms with Gasteiger partial charge in [0.25, 0.3) is 0 Å². The Hall–Kier alpha value is -1.71.